The summed E-state index contributed by atoms with van der Waals surface area (Å²) in [6.45, 7) is 5.63. The maximum absolute atomic E-state index is 11.3. The highest BCUT2D eigenvalue weighted by Crippen LogP contribution is 2.39. The lowest BCUT2D eigenvalue weighted by atomic mass is 10.0. The standard InChI is InChI=1S/C21H24O2S2/c1-16(2)20(23-17(3)22)14-15-21(24-18-10-6-4-7-11-18)25-19-12-8-5-9-13-19/h4-13,15-16,20H,14H2,1-3H3/t20-/m1/s1. The van der Waals surface area contributed by atoms with Crippen LogP contribution in [-0.2, 0) is 9.53 Å². The summed E-state index contributed by atoms with van der Waals surface area (Å²) in [4.78, 5) is 13.7. The highest BCUT2D eigenvalue weighted by Gasteiger charge is 2.16. The van der Waals surface area contributed by atoms with Gasteiger partial charge in [-0.2, -0.15) is 0 Å². The minimum atomic E-state index is -0.222. The molecule has 25 heavy (non-hydrogen) atoms. The second kappa shape index (κ2) is 10.4. The Bertz CT molecular complexity index is 638. The number of benzene rings is 2. The maximum atomic E-state index is 11.3. The smallest absolute Gasteiger partial charge is 0.302 e. The fraction of sp³-hybridized carbons (Fsp3) is 0.286. The second-order valence-corrected chi connectivity index (χ2v) is 8.47. The number of carbonyl (C=O) groups is 1. The molecule has 1 atom stereocenters. The van der Waals surface area contributed by atoms with Gasteiger partial charge in [0.1, 0.15) is 6.10 Å². The minimum absolute atomic E-state index is 0.0970. The van der Waals surface area contributed by atoms with Gasteiger partial charge in [0, 0.05) is 27.4 Å². The van der Waals surface area contributed by atoms with Crippen molar-refractivity contribution in [1.82, 2.24) is 0 Å². The van der Waals surface area contributed by atoms with Crippen molar-refractivity contribution in [2.75, 3.05) is 0 Å². The molecule has 0 spiro atoms. The molecule has 132 valence electrons. The molecule has 0 aromatic heterocycles. The lowest BCUT2D eigenvalue weighted by molar-refractivity contribution is -0.148. The van der Waals surface area contributed by atoms with E-state index in [4.69, 9.17) is 4.74 Å². The number of rotatable bonds is 8. The van der Waals surface area contributed by atoms with Crippen LogP contribution in [0.1, 0.15) is 27.2 Å². The van der Waals surface area contributed by atoms with Crippen molar-refractivity contribution in [3.63, 3.8) is 0 Å². The SMILES string of the molecule is CC(=O)O[C@H](CC=C(Sc1ccccc1)Sc1ccccc1)C(C)C. The molecule has 0 aliphatic rings. The van der Waals surface area contributed by atoms with E-state index in [9.17, 15) is 4.79 Å². The van der Waals surface area contributed by atoms with Crippen molar-refractivity contribution in [1.29, 1.82) is 0 Å². The zero-order valence-electron chi connectivity index (χ0n) is 14.8. The van der Waals surface area contributed by atoms with Gasteiger partial charge in [0.05, 0.1) is 0 Å². The summed E-state index contributed by atoms with van der Waals surface area (Å²) in [6, 6.07) is 20.6. The van der Waals surface area contributed by atoms with Gasteiger partial charge in [0.25, 0.3) is 0 Å². The molecule has 2 aromatic carbocycles. The van der Waals surface area contributed by atoms with E-state index in [0.717, 1.165) is 0 Å². The Balaban J connectivity index is 2.15. The van der Waals surface area contributed by atoms with Gasteiger partial charge in [0.2, 0.25) is 0 Å². The number of hydrogen-bond donors (Lipinski definition) is 0. The normalized spacial score (nSPS) is 11.8. The molecule has 0 saturated carbocycles. The first kappa shape index (κ1) is 19.7. The van der Waals surface area contributed by atoms with Crippen LogP contribution in [0.3, 0.4) is 0 Å². The molecule has 0 unspecified atom stereocenters. The van der Waals surface area contributed by atoms with E-state index in [1.54, 1.807) is 23.5 Å². The zero-order valence-corrected chi connectivity index (χ0v) is 16.5. The number of esters is 1. The van der Waals surface area contributed by atoms with Crippen molar-refractivity contribution in [2.45, 2.75) is 43.1 Å². The van der Waals surface area contributed by atoms with E-state index >= 15 is 0 Å². The monoisotopic (exact) mass is 372 g/mol. The van der Waals surface area contributed by atoms with E-state index in [-0.39, 0.29) is 18.0 Å². The summed E-state index contributed by atoms with van der Waals surface area (Å²) in [5, 5.41) is 0. The average molecular weight is 373 g/mol. The Kier molecular flexibility index (Phi) is 8.16. The molecule has 0 N–H and O–H groups in total. The highest BCUT2D eigenvalue weighted by atomic mass is 32.2. The summed E-state index contributed by atoms with van der Waals surface area (Å²) in [5.41, 5.74) is 0. The third kappa shape index (κ3) is 7.41. The molecule has 2 rings (SSSR count). The Hall–Kier alpha value is -1.65. The molecule has 0 fully saturated rings. The van der Waals surface area contributed by atoms with E-state index in [0.29, 0.717) is 6.42 Å². The molecule has 0 aliphatic heterocycles. The molecule has 0 amide bonds. The summed E-state index contributed by atoms with van der Waals surface area (Å²) < 4.78 is 6.65. The van der Waals surface area contributed by atoms with Gasteiger partial charge in [-0.05, 0) is 30.2 Å². The molecule has 0 aliphatic carbocycles. The summed E-state index contributed by atoms with van der Waals surface area (Å²) in [5.74, 6) is 0.0601. The zero-order chi connectivity index (χ0) is 18.1. The summed E-state index contributed by atoms with van der Waals surface area (Å²) >= 11 is 3.48. The van der Waals surface area contributed by atoms with Gasteiger partial charge in [-0.15, -0.1) is 0 Å². The maximum Gasteiger partial charge on any atom is 0.302 e. The van der Waals surface area contributed by atoms with Gasteiger partial charge >= 0.3 is 5.97 Å². The largest absolute Gasteiger partial charge is 0.462 e. The first-order valence-corrected chi connectivity index (χ1v) is 10.0. The van der Waals surface area contributed by atoms with E-state index in [1.807, 2.05) is 36.4 Å². The predicted molar refractivity (Wildman–Crippen MR) is 108 cm³/mol. The number of ether oxygens (including phenoxy) is 1. The fourth-order valence-corrected chi connectivity index (χ4v) is 4.35. The third-order valence-electron chi connectivity index (χ3n) is 3.50. The first-order chi connectivity index (χ1) is 12.0. The molecule has 0 radical (unpaired) electrons. The lowest BCUT2D eigenvalue weighted by Crippen LogP contribution is -2.21. The molecule has 2 aromatic rings. The Morgan fingerprint density at radius 3 is 1.84 bits per heavy atom. The molecular formula is C21H24O2S2. The Morgan fingerprint density at radius 2 is 1.44 bits per heavy atom. The van der Waals surface area contributed by atoms with Crippen LogP contribution in [-0.4, -0.2) is 12.1 Å². The van der Waals surface area contributed by atoms with Crippen LogP contribution in [0.2, 0.25) is 0 Å². The summed E-state index contributed by atoms with van der Waals surface area (Å²) in [7, 11) is 0. The number of carbonyl (C=O) groups excluding carboxylic acids is 1. The van der Waals surface area contributed by atoms with Gasteiger partial charge in [-0.25, -0.2) is 0 Å². The van der Waals surface area contributed by atoms with E-state index in [2.05, 4.69) is 44.2 Å². The average Bonchev–Trinajstić information content (AvgIpc) is 2.59. The quantitative estimate of drug-likeness (QED) is 0.396. The van der Waals surface area contributed by atoms with Crippen LogP contribution in [0.5, 0.6) is 0 Å². The molecule has 0 bridgehead atoms. The van der Waals surface area contributed by atoms with Crippen LogP contribution < -0.4 is 0 Å². The second-order valence-electron chi connectivity index (χ2n) is 5.98. The van der Waals surface area contributed by atoms with Crippen LogP contribution in [0, 0.1) is 5.92 Å². The van der Waals surface area contributed by atoms with Gasteiger partial charge < -0.3 is 4.74 Å². The molecule has 4 heteroatoms. The molecular weight excluding hydrogens is 348 g/mol. The van der Waals surface area contributed by atoms with Crippen LogP contribution >= 0.6 is 23.5 Å². The molecule has 2 nitrogen and oxygen atoms in total. The number of thioether (sulfide) groups is 2. The van der Waals surface area contributed by atoms with Crippen molar-refractivity contribution < 1.29 is 9.53 Å². The first-order valence-electron chi connectivity index (χ1n) is 8.38. The van der Waals surface area contributed by atoms with Crippen molar-refractivity contribution in [3.05, 3.63) is 71.0 Å². The van der Waals surface area contributed by atoms with Crippen molar-refractivity contribution in [3.8, 4) is 0 Å². The third-order valence-corrected chi connectivity index (χ3v) is 5.75. The van der Waals surface area contributed by atoms with Crippen LogP contribution in [0.25, 0.3) is 0 Å². The fourth-order valence-electron chi connectivity index (χ4n) is 2.20. The van der Waals surface area contributed by atoms with E-state index < -0.39 is 0 Å². The highest BCUT2D eigenvalue weighted by molar-refractivity contribution is 8.22. The van der Waals surface area contributed by atoms with E-state index in [1.165, 1.54) is 21.0 Å². The van der Waals surface area contributed by atoms with Crippen molar-refractivity contribution in [2.24, 2.45) is 5.92 Å². The van der Waals surface area contributed by atoms with Gasteiger partial charge in [-0.3, -0.25) is 4.79 Å². The molecule has 0 saturated heterocycles. The van der Waals surface area contributed by atoms with Gasteiger partial charge in [0.15, 0.2) is 0 Å². The number of hydrogen-bond acceptors (Lipinski definition) is 4. The summed E-state index contributed by atoms with van der Waals surface area (Å²) in [6.07, 6.45) is 2.80. The Labute approximate surface area is 159 Å². The van der Waals surface area contributed by atoms with Crippen LogP contribution in [0.4, 0.5) is 0 Å². The van der Waals surface area contributed by atoms with Crippen molar-refractivity contribution >= 4 is 29.5 Å². The lowest BCUT2D eigenvalue weighted by Gasteiger charge is -2.19. The van der Waals surface area contributed by atoms with Gasteiger partial charge in [-0.1, -0.05) is 79.8 Å². The van der Waals surface area contributed by atoms with Crippen LogP contribution in [0.15, 0.2) is 80.8 Å². The topological polar surface area (TPSA) is 26.3 Å². The Morgan fingerprint density at radius 1 is 0.960 bits per heavy atom. The molecule has 0 heterocycles. The minimum Gasteiger partial charge on any atom is -0.462 e. The predicted octanol–water partition coefficient (Wildman–Crippen LogP) is 6.39.